The zero-order chi connectivity index (χ0) is 19.0. The van der Waals surface area contributed by atoms with Crippen molar-refractivity contribution in [3.05, 3.63) is 45.2 Å². The summed E-state index contributed by atoms with van der Waals surface area (Å²) >= 11 is 3.13. The summed E-state index contributed by atoms with van der Waals surface area (Å²) in [4.78, 5) is 24.6. The summed E-state index contributed by atoms with van der Waals surface area (Å²) in [5, 5.41) is 5.40. The van der Waals surface area contributed by atoms with Gasteiger partial charge < -0.3 is 4.52 Å². The van der Waals surface area contributed by atoms with Crippen molar-refractivity contribution in [1.82, 2.24) is 19.7 Å². The molecule has 3 aromatic heterocycles. The number of nitrogens with zero attached hydrogens (tertiary/aromatic N) is 4. The molecule has 4 rings (SSSR count). The Kier molecular flexibility index (Phi) is 5.19. The molecular weight excluding hydrogens is 380 g/mol. The Hall–Kier alpha value is -1.93. The van der Waals surface area contributed by atoms with Gasteiger partial charge in [-0.3, -0.25) is 9.36 Å². The molecule has 0 spiro atoms. The first-order chi connectivity index (χ1) is 13.1. The molecule has 1 aliphatic rings. The van der Waals surface area contributed by atoms with Gasteiger partial charge in [0.05, 0.1) is 11.1 Å². The maximum atomic E-state index is 13.2. The summed E-state index contributed by atoms with van der Waals surface area (Å²) in [5.74, 6) is 2.40. The van der Waals surface area contributed by atoms with E-state index in [2.05, 4.69) is 23.6 Å². The Labute approximate surface area is 165 Å². The minimum absolute atomic E-state index is 0.0363. The first-order valence-electron chi connectivity index (χ1n) is 9.21. The van der Waals surface area contributed by atoms with Gasteiger partial charge in [-0.25, -0.2) is 4.98 Å². The molecule has 0 bridgehead atoms. The number of aryl methyl sites for hydroxylation is 2. The summed E-state index contributed by atoms with van der Waals surface area (Å²) in [5.41, 5.74) is 1.25. The highest BCUT2D eigenvalue weighted by molar-refractivity contribution is 7.98. The summed E-state index contributed by atoms with van der Waals surface area (Å²) < 4.78 is 6.97. The molecule has 1 unspecified atom stereocenters. The lowest BCUT2D eigenvalue weighted by molar-refractivity contribution is 0.385. The maximum Gasteiger partial charge on any atom is 0.263 e. The molecule has 142 valence electrons. The van der Waals surface area contributed by atoms with Gasteiger partial charge in [-0.1, -0.05) is 36.8 Å². The van der Waals surface area contributed by atoms with Crippen LogP contribution in [0.5, 0.6) is 0 Å². The fourth-order valence-electron chi connectivity index (χ4n) is 3.42. The lowest BCUT2D eigenvalue weighted by Gasteiger charge is -2.17. The maximum absolute atomic E-state index is 13.2. The van der Waals surface area contributed by atoms with Crippen LogP contribution in [0.3, 0.4) is 0 Å². The van der Waals surface area contributed by atoms with Gasteiger partial charge in [0.2, 0.25) is 5.89 Å². The van der Waals surface area contributed by atoms with Crippen molar-refractivity contribution in [2.24, 2.45) is 5.92 Å². The lowest BCUT2D eigenvalue weighted by Crippen LogP contribution is -2.23. The molecule has 1 atom stereocenters. The Morgan fingerprint density at radius 2 is 2.30 bits per heavy atom. The molecule has 0 aliphatic heterocycles. The standard InChI is InChI=1S/C19H22N4O2S2/c1-4-8-23-18(24)16-12-7-6-11(3)9-13(12)27-17(16)21-19(23)26-10-15-20-14(5-2)22-25-15/h4,11H,1,5-10H2,2-3H3. The number of hydrogen-bond acceptors (Lipinski definition) is 7. The molecule has 0 radical (unpaired) electrons. The van der Waals surface area contributed by atoms with Gasteiger partial charge in [0.1, 0.15) is 4.83 Å². The zero-order valence-electron chi connectivity index (χ0n) is 15.5. The monoisotopic (exact) mass is 402 g/mol. The van der Waals surface area contributed by atoms with Crippen LogP contribution in [0.25, 0.3) is 10.2 Å². The molecule has 6 nitrogen and oxygen atoms in total. The molecular formula is C19H22N4O2S2. The van der Waals surface area contributed by atoms with E-state index < -0.39 is 0 Å². The first-order valence-corrected chi connectivity index (χ1v) is 11.0. The van der Waals surface area contributed by atoms with Crippen LogP contribution in [0.15, 0.2) is 27.1 Å². The highest BCUT2D eigenvalue weighted by Gasteiger charge is 2.24. The highest BCUT2D eigenvalue weighted by Crippen LogP contribution is 2.36. The van der Waals surface area contributed by atoms with E-state index in [4.69, 9.17) is 9.51 Å². The van der Waals surface area contributed by atoms with Crippen molar-refractivity contribution in [3.8, 4) is 0 Å². The molecule has 0 saturated carbocycles. The van der Waals surface area contributed by atoms with Crippen LogP contribution in [0.1, 0.15) is 42.4 Å². The number of hydrogen-bond donors (Lipinski definition) is 0. The Balaban J connectivity index is 1.73. The van der Waals surface area contributed by atoms with Gasteiger partial charge in [0, 0.05) is 17.8 Å². The van der Waals surface area contributed by atoms with Crippen LogP contribution in [0.2, 0.25) is 0 Å². The quantitative estimate of drug-likeness (QED) is 0.352. The van der Waals surface area contributed by atoms with Gasteiger partial charge in [-0.2, -0.15) is 4.98 Å². The Morgan fingerprint density at radius 3 is 3.04 bits per heavy atom. The molecule has 3 heterocycles. The number of fused-ring (bicyclic) bond motifs is 3. The third-order valence-corrected chi connectivity index (χ3v) is 6.95. The van der Waals surface area contributed by atoms with Crippen LogP contribution >= 0.6 is 23.1 Å². The number of rotatable bonds is 6. The lowest BCUT2D eigenvalue weighted by atomic mass is 9.89. The van der Waals surface area contributed by atoms with E-state index in [1.54, 1.807) is 22.0 Å². The topological polar surface area (TPSA) is 73.8 Å². The predicted molar refractivity (Wildman–Crippen MR) is 109 cm³/mol. The fraction of sp³-hybridized carbons (Fsp3) is 0.474. The Bertz CT molecular complexity index is 1050. The van der Waals surface area contributed by atoms with Crippen LogP contribution in [0.4, 0.5) is 0 Å². The van der Waals surface area contributed by atoms with Gasteiger partial charge in [0.25, 0.3) is 5.56 Å². The highest BCUT2D eigenvalue weighted by atomic mass is 32.2. The van der Waals surface area contributed by atoms with Crippen LogP contribution < -0.4 is 5.56 Å². The minimum Gasteiger partial charge on any atom is -0.338 e. The van der Waals surface area contributed by atoms with Crippen molar-refractivity contribution in [2.75, 3.05) is 0 Å². The smallest absolute Gasteiger partial charge is 0.263 e. The summed E-state index contributed by atoms with van der Waals surface area (Å²) in [6.45, 7) is 8.50. The molecule has 0 saturated heterocycles. The summed E-state index contributed by atoms with van der Waals surface area (Å²) in [7, 11) is 0. The SMILES string of the molecule is C=CCn1c(SCc2nc(CC)no2)nc2sc3c(c2c1=O)CCC(C)C3. The molecule has 1 aliphatic carbocycles. The average molecular weight is 403 g/mol. The van der Waals surface area contributed by atoms with Crippen LogP contribution in [0, 0.1) is 5.92 Å². The number of thiophene rings is 1. The van der Waals surface area contributed by atoms with Crippen LogP contribution in [-0.2, 0) is 31.6 Å². The van der Waals surface area contributed by atoms with E-state index in [0.29, 0.717) is 35.1 Å². The summed E-state index contributed by atoms with van der Waals surface area (Å²) in [6.07, 6.45) is 5.62. The third kappa shape index (κ3) is 3.48. The van der Waals surface area contributed by atoms with Gasteiger partial charge in [-0.05, 0) is 30.7 Å². The van der Waals surface area contributed by atoms with Gasteiger partial charge in [-0.15, -0.1) is 17.9 Å². The van der Waals surface area contributed by atoms with E-state index in [9.17, 15) is 4.79 Å². The molecule has 0 fully saturated rings. The first kappa shape index (κ1) is 18.4. The Morgan fingerprint density at radius 1 is 1.44 bits per heavy atom. The molecule has 3 aromatic rings. The predicted octanol–water partition coefficient (Wildman–Crippen LogP) is 4.01. The van der Waals surface area contributed by atoms with Crippen LogP contribution in [-0.4, -0.2) is 19.7 Å². The van der Waals surface area contributed by atoms with E-state index in [-0.39, 0.29) is 5.56 Å². The van der Waals surface area contributed by atoms with E-state index in [1.807, 2.05) is 6.92 Å². The summed E-state index contributed by atoms with van der Waals surface area (Å²) in [6, 6.07) is 0. The number of aromatic nitrogens is 4. The fourth-order valence-corrected chi connectivity index (χ4v) is 5.69. The second-order valence-electron chi connectivity index (χ2n) is 6.88. The molecule has 0 N–H and O–H groups in total. The largest absolute Gasteiger partial charge is 0.338 e. The normalized spacial score (nSPS) is 16.6. The molecule has 8 heteroatoms. The third-order valence-electron chi connectivity index (χ3n) is 4.84. The minimum atomic E-state index is 0.0363. The van der Waals surface area contributed by atoms with Crippen molar-refractivity contribution >= 4 is 33.3 Å². The number of thioether (sulfide) groups is 1. The van der Waals surface area contributed by atoms with E-state index >= 15 is 0 Å². The van der Waals surface area contributed by atoms with Crippen molar-refractivity contribution in [2.45, 2.75) is 57.0 Å². The van der Waals surface area contributed by atoms with Crippen molar-refractivity contribution < 1.29 is 4.52 Å². The number of allylic oxidation sites excluding steroid dienone is 1. The molecule has 0 amide bonds. The van der Waals surface area contributed by atoms with Gasteiger partial charge in [0.15, 0.2) is 11.0 Å². The zero-order valence-corrected chi connectivity index (χ0v) is 17.2. The van der Waals surface area contributed by atoms with Crippen molar-refractivity contribution in [1.29, 1.82) is 0 Å². The second kappa shape index (κ2) is 7.59. The average Bonchev–Trinajstić information content (AvgIpc) is 3.26. The van der Waals surface area contributed by atoms with Crippen molar-refractivity contribution in [3.63, 3.8) is 0 Å². The van der Waals surface area contributed by atoms with E-state index in [1.165, 1.54) is 22.2 Å². The second-order valence-corrected chi connectivity index (χ2v) is 8.90. The molecule has 0 aromatic carbocycles. The van der Waals surface area contributed by atoms with E-state index in [0.717, 1.165) is 35.9 Å². The molecule has 27 heavy (non-hydrogen) atoms. The van der Waals surface area contributed by atoms with Gasteiger partial charge >= 0.3 is 0 Å².